The molecule has 2 aromatic carbocycles. The molecule has 1 atom stereocenters. The standard InChI is InChI=1S/C21H23NO5S/c23-21(24)15-27-20-9-8-18-7-6-17(12-19(18)13-20)14-22-28(25,26)11-10-16-4-2-1-3-5-16/h1-5,8-11,13,17,22H,6-7,12,14-15H2,(H,23,24). The number of ether oxygens (including phenoxy) is 1. The van der Waals surface area contributed by atoms with Crippen LogP contribution in [0, 0.1) is 5.92 Å². The van der Waals surface area contributed by atoms with Gasteiger partial charge in [-0.05, 0) is 60.1 Å². The maximum Gasteiger partial charge on any atom is 0.341 e. The van der Waals surface area contributed by atoms with Gasteiger partial charge in [-0.25, -0.2) is 17.9 Å². The van der Waals surface area contributed by atoms with Crippen molar-refractivity contribution in [3.63, 3.8) is 0 Å². The molecule has 28 heavy (non-hydrogen) atoms. The third kappa shape index (κ3) is 5.94. The Morgan fingerprint density at radius 3 is 2.71 bits per heavy atom. The molecule has 6 nitrogen and oxygen atoms in total. The quantitative estimate of drug-likeness (QED) is 0.710. The van der Waals surface area contributed by atoms with Crippen LogP contribution in [0.5, 0.6) is 5.75 Å². The number of nitrogens with one attached hydrogen (secondary N) is 1. The van der Waals surface area contributed by atoms with Crippen LogP contribution in [0.3, 0.4) is 0 Å². The average Bonchev–Trinajstić information content (AvgIpc) is 2.70. The van der Waals surface area contributed by atoms with Crippen LogP contribution in [-0.2, 0) is 27.7 Å². The molecule has 0 saturated heterocycles. The SMILES string of the molecule is O=C(O)COc1ccc2c(c1)CC(CNS(=O)(=O)C=Cc1ccccc1)CC2. The van der Waals surface area contributed by atoms with Gasteiger partial charge in [0.1, 0.15) is 5.75 Å². The Balaban J connectivity index is 1.57. The summed E-state index contributed by atoms with van der Waals surface area (Å²) in [4.78, 5) is 10.6. The van der Waals surface area contributed by atoms with E-state index in [1.165, 1.54) is 11.0 Å². The fraction of sp³-hybridized carbons (Fsp3) is 0.286. The molecule has 148 valence electrons. The topological polar surface area (TPSA) is 92.7 Å². The van der Waals surface area contributed by atoms with E-state index in [-0.39, 0.29) is 12.5 Å². The van der Waals surface area contributed by atoms with Crippen molar-refractivity contribution in [2.24, 2.45) is 5.92 Å². The molecule has 0 bridgehead atoms. The second-order valence-corrected chi connectivity index (χ2v) is 8.48. The molecule has 3 rings (SSSR count). The van der Waals surface area contributed by atoms with Crippen molar-refractivity contribution in [3.05, 3.63) is 70.6 Å². The van der Waals surface area contributed by atoms with Crippen LogP contribution in [0.2, 0.25) is 0 Å². The molecule has 0 spiro atoms. The van der Waals surface area contributed by atoms with Gasteiger partial charge in [0.15, 0.2) is 6.61 Å². The lowest BCUT2D eigenvalue weighted by molar-refractivity contribution is -0.139. The van der Waals surface area contributed by atoms with Gasteiger partial charge in [0.2, 0.25) is 10.0 Å². The molecule has 0 fully saturated rings. The first kappa shape index (κ1) is 20.1. The molecule has 7 heteroatoms. The molecule has 0 radical (unpaired) electrons. The Morgan fingerprint density at radius 2 is 1.96 bits per heavy atom. The van der Waals surface area contributed by atoms with E-state index in [1.54, 1.807) is 12.1 Å². The normalized spacial score (nSPS) is 16.6. The minimum Gasteiger partial charge on any atom is -0.482 e. The van der Waals surface area contributed by atoms with Crippen molar-refractivity contribution in [1.82, 2.24) is 4.72 Å². The van der Waals surface area contributed by atoms with Crippen LogP contribution in [0.15, 0.2) is 53.9 Å². The lowest BCUT2D eigenvalue weighted by atomic mass is 9.84. The molecule has 1 aliphatic carbocycles. The van der Waals surface area contributed by atoms with E-state index in [1.807, 2.05) is 42.5 Å². The number of benzene rings is 2. The summed E-state index contributed by atoms with van der Waals surface area (Å²) in [5.41, 5.74) is 3.11. The number of hydrogen-bond acceptors (Lipinski definition) is 4. The minimum atomic E-state index is -3.50. The summed E-state index contributed by atoms with van der Waals surface area (Å²) in [5.74, 6) is -0.316. The monoisotopic (exact) mass is 401 g/mol. The number of sulfonamides is 1. The van der Waals surface area contributed by atoms with Crippen LogP contribution in [-0.4, -0.2) is 32.6 Å². The van der Waals surface area contributed by atoms with Crippen molar-refractivity contribution in [3.8, 4) is 5.75 Å². The van der Waals surface area contributed by atoms with Gasteiger partial charge in [0.25, 0.3) is 0 Å². The van der Waals surface area contributed by atoms with Gasteiger partial charge < -0.3 is 9.84 Å². The zero-order valence-electron chi connectivity index (χ0n) is 15.4. The highest BCUT2D eigenvalue weighted by atomic mass is 32.2. The lowest BCUT2D eigenvalue weighted by Crippen LogP contribution is -2.30. The van der Waals surface area contributed by atoms with Gasteiger partial charge in [-0.2, -0.15) is 0 Å². The van der Waals surface area contributed by atoms with Crippen LogP contribution < -0.4 is 9.46 Å². The Hall–Kier alpha value is -2.64. The van der Waals surface area contributed by atoms with E-state index in [2.05, 4.69) is 4.72 Å². The predicted octanol–water partition coefficient (Wildman–Crippen LogP) is 2.85. The first-order valence-electron chi connectivity index (χ1n) is 9.10. The number of aliphatic carboxylic acids is 1. The highest BCUT2D eigenvalue weighted by Crippen LogP contribution is 2.28. The molecule has 0 heterocycles. The van der Waals surface area contributed by atoms with E-state index < -0.39 is 16.0 Å². The minimum absolute atomic E-state index is 0.183. The Kier molecular flexibility index (Phi) is 6.49. The maximum absolute atomic E-state index is 12.2. The van der Waals surface area contributed by atoms with Crippen LogP contribution >= 0.6 is 0 Å². The van der Waals surface area contributed by atoms with Gasteiger partial charge in [-0.15, -0.1) is 0 Å². The average molecular weight is 401 g/mol. The molecular weight excluding hydrogens is 378 g/mol. The van der Waals surface area contributed by atoms with Gasteiger partial charge in [0.05, 0.1) is 0 Å². The summed E-state index contributed by atoms with van der Waals surface area (Å²) in [7, 11) is -3.50. The number of fused-ring (bicyclic) bond motifs is 1. The summed E-state index contributed by atoms with van der Waals surface area (Å²) >= 11 is 0. The summed E-state index contributed by atoms with van der Waals surface area (Å²) in [6.45, 7) is -0.0170. The van der Waals surface area contributed by atoms with Crippen LogP contribution in [0.25, 0.3) is 6.08 Å². The number of carboxylic acid groups (broad SMARTS) is 1. The second kappa shape index (κ2) is 9.03. The van der Waals surface area contributed by atoms with Gasteiger partial charge in [-0.3, -0.25) is 0 Å². The summed E-state index contributed by atoms with van der Waals surface area (Å²) in [5, 5.41) is 9.91. The predicted molar refractivity (Wildman–Crippen MR) is 107 cm³/mol. The van der Waals surface area contributed by atoms with E-state index in [0.717, 1.165) is 30.4 Å². The molecule has 0 amide bonds. The smallest absolute Gasteiger partial charge is 0.341 e. The molecule has 1 unspecified atom stereocenters. The van der Waals surface area contributed by atoms with E-state index >= 15 is 0 Å². The number of carboxylic acids is 1. The van der Waals surface area contributed by atoms with Crippen molar-refractivity contribution in [1.29, 1.82) is 0 Å². The van der Waals surface area contributed by atoms with E-state index in [4.69, 9.17) is 9.84 Å². The van der Waals surface area contributed by atoms with E-state index in [0.29, 0.717) is 12.3 Å². The first-order chi connectivity index (χ1) is 13.4. The summed E-state index contributed by atoms with van der Waals surface area (Å²) < 4.78 is 32.3. The molecule has 0 aliphatic heterocycles. The fourth-order valence-electron chi connectivity index (χ4n) is 3.23. The molecule has 0 saturated carbocycles. The summed E-state index contributed by atoms with van der Waals surface area (Å²) in [6.07, 6.45) is 4.06. The third-order valence-electron chi connectivity index (χ3n) is 4.68. The van der Waals surface area contributed by atoms with Crippen LogP contribution in [0.4, 0.5) is 0 Å². The zero-order valence-corrected chi connectivity index (χ0v) is 16.2. The van der Waals surface area contributed by atoms with Crippen molar-refractivity contribution in [2.45, 2.75) is 19.3 Å². The molecule has 0 aromatic heterocycles. The molecule has 2 N–H and O–H groups in total. The van der Waals surface area contributed by atoms with Gasteiger partial charge >= 0.3 is 5.97 Å². The molecular formula is C21H23NO5S. The zero-order chi connectivity index (χ0) is 20.0. The lowest BCUT2D eigenvalue weighted by Gasteiger charge is -2.25. The number of carbonyl (C=O) groups is 1. The van der Waals surface area contributed by atoms with E-state index in [9.17, 15) is 13.2 Å². The van der Waals surface area contributed by atoms with Crippen molar-refractivity contribution >= 4 is 22.1 Å². The Labute approximate surface area is 164 Å². The van der Waals surface area contributed by atoms with Crippen molar-refractivity contribution in [2.75, 3.05) is 13.2 Å². The third-order valence-corrected chi connectivity index (χ3v) is 5.75. The van der Waals surface area contributed by atoms with Gasteiger partial charge in [-0.1, -0.05) is 36.4 Å². The summed E-state index contributed by atoms with van der Waals surface area (Å²) in [6, 6.07) is 14.9. The molecule has 1 aliphatic rings. The largest absolute Gasteiger partial charge is 0.482 e. The number of rotatable bonds is 8. The first-order valence-corrected chi connectivity index (χ1v) is 10.6. The number of aryl methyl sites for hydroxylation is 1. The maximum atomic E-state index is 12.2. The highest BCUT2D eigenvalue weighted by molar-refractivity contribution is 7.92. The number of hydrogen-bond donors (Lipinski definition) is 2. The Bertz CT molecular complexity index is 954. The second-order valence-electron chi connectivity index (χ2n) is 6.83. The fourth-order valence-corrected chi connectivity index (χ4v) is 4.13. The van der Waals surface area contributed by atoms with Gasteiger partial charge in [0, 0.05) is 12.0 Å². The van der Waals surface area contributed by atoms with Crippen LogP contribution in [0.1, 0.15) is 23.1 Å². The highest BCUT2D eigenvalue weighted by Gasteiger charge is 2.20. The van der Waals surface area contributed by atoms with Crippen molar-refractivity contribution < 1.29 is 23.1 Å². The Morgan fingerprint density at radius 1 is 1.18 bits per heavy atom. The molecule has 2 aromatic rings.